The summed E-state index contributed by atoms with van der Waals surface area (Å²) in [5, 5.41) is 12.5. The molecule has 0 radical (unpaired) electrons. The standard InChI is InChI=1S/C14H27NO2S/c1-2-3-9-18-10-13(17)15-11-14(12-16)7-5-4-6-8-14/h16H,2-12H2,1H3,(H,15,17). The molecule has 0 saturated heterocycles. The number of amides is 1. The molecule has 3 nitrogen and oxygen atoms in total. The molecule has 0 aromatic rings. The second-order valence-electron chi connectivity index (χ2n) is 5.40. The summed E-state index contributed by atoms with van der Waals surface area (Å²) < 4.78 is 0. The maximum absolute atomic E-state index is 11.7. The molecule has 1 aliphatic rings. The Hall–Kier alpha value is -0.220. The van der Waals surface area contributed by atoms with E-state index in [1.807, 2.05) is 0 Å². The summed E-state index contributed by atoms with van der Waals surface area (Å²) >= 11 is 1.70. The molecule has 0 aromatic carbocycles. The third kappa shape index (κ3) is 5.61. The van der Waals surface area contributed by atoms with Crippen LogP contribution in [0.1, 0.15) is 51.9 Å². The lowest BCUT2D eigenvalue weighted by molar-refractivity contribution is -0.119. The minimum atomic E-state index is -0.0397. The summed E-state index contributed by atoms with van der Waals surface area (Å²) in [4.78, 5) is 11.7. The molecule has 1 rings (SSSR count). The largest absolute Gasteiger partial charge is 0.396 e. The van der Waals surface area contributed by atoms with Gasteiger partial charge in [0.1, 0.15) is 0 Å². The third-order valence-corrected chi connectivity index (χ3v) is 4.83. The van der Waals surface area contributed by atoms with Gasteiger partial charge >= 0.3 is 0 Å². The van der Waals surface area contributed by atoms with E-state index in [0.29, 0.717) is 12.3 Å². The first-order valence-electron chi connectivity index (χ1n) is 7.18. The molecule has 0 spiro atoms. The van der Waals surface area contributed by atoms with E-state index in [2.05, 4.69) is 12.2 Å². The monoisotopic (exact) mass is 273 g/mol. The minimum Gasteiger partial charge on any atom is -0.396 e. The number of carbonyl (C=O) groups is 1. The van der Waals surface area contributed by atoms with Crippen LogP contribution in [0.25, 0.3) is 0 Å². The van der Waals surface area contributed by atoms with Crippen molar-refractivity contribution in [1.29, 1.82) is 0 Å². The number of unbranched alkanes of at least 4 members (excludes halogenated alkanes) is 1. The fraction of sp³-hybridized carbons (Fsp3) is 0.929. The van der Waals surface area contributed by atoms with Crippen molar-refractivity contribution in [1.82, 2.24) is 5.32 Å². The normalized spacial score (nSPS) is 18.6. The zero-order valence-electron chi connectivity index (χ0n) is 11.5. The van der Waals surface area contributed by atoms with Crippen LogP contribution in [0, 0.1) is 5.41 Å². The predicted octanol–water partition coefficient (Wildman–Crippen LogP) is 2.58. The van der Waals surface area contributed by atoms with E-state index in [-0.39, 0.29) is 17.9 Å². The Morgan fingerprint density at radius 3 is 2.67 bits per heavy atom. The number of nitrogens with one attached hydrogen (secondary N) is 1. The van der Waals surface area contributed by atoms with E-state index < -0.39 is 0 Å². The molecule has 0 aromatic heterocycles. The summed E-state index contributed by atoms with van der Waals surface area (Å²) in [6.07, 6.45) is 8.09. The Morgan fingerprint density at radius 1 is 1.33 bits per heavy atom. The van der Waals surface area contributed by atoms with E-state index in [1.54, 1.807) is 11.8 Å². The summed E-state index contributed by atoms with van der Waals surface area (Å²) in [6.45, 7) is 3.02. The van der Waals surface area contributed by atoms with Gasteiger partial charge in [-0.05, 0) is 25.0 Å². The minimum absolute atomic E-state index is 0.0397. The number of hydrogen-bond acceptors (Lipinski definition) is 3. The molecule has 0 unspecified atom stereocenters. The highest BCUT2D eigenvalue weighted by molar-refractivity contribution is 7.99. The van der Waals surface area contributed by atoms with Crippen LogP contribution in [0.4, 0.5) is 0 Å². The molecule has 18 heavy (non-hydrogen) atoms. The van der Waals surface area contributed by atoms with Crippen molar-refractivity contribution in [3.8, 4) is 0 Å². The first-order chi connectivity index (χ1) is 8.72. The van der Waals surface area contributed by atoms with Gasteiger partial charge in [0.15, 0.2) is 0 Å². The van der Waals surface area contributed by atoms with E-state index in [1.165, 1.54) is 32.1 Å². The predicted molar refractivity (Wildman–Crippen MR) is 77.8 cm³/mol. The van der Waals surface area contributed by atoms with E-state index in [4.69, 9.17) is 0 Å². The Labute approximate surface area is 115 Å². The lowest BCUT2D eigenvalue weighted by atomic mass is 9.74. The first-order valence-corrected chi connectivity index (χ1v) is 8.33. The summed E-state index contributed by atoms with van der Waals surface area (Å²) in [6, 6.07) is 0. The van der Waals surface area contributed by atoms with E-state index in [0.717, 1.165) is 18.6 Å². The Kier molecular flexibility index (Phi) is 7.75. The van der Waals surface area contributed by atoms with Crippen molar-refractivity contribution in [2.24, 2.45) is 5.41 Å². The number of hydrogen-bond donors (Lipinski definition) is 2. The van der Waals surface area contributed by atoms with Crippen LogP contribution in [0.15, 0.2) is 0 Å². The van der Waals surface area contributed by atoms with Gasteiger partial charge in [-0.3, -0.25) is 4.79 Å². The average molecular weight is 273 g/mol. The van der Waals surface area contributed by atoms with Gasteiger partial charge < -0.3 is 10.4 Å². The Bertz CT molecular complexity index is 240. The fourth-order valence-electron chi connectivity index (χ4n) is 2.44. The topological polar surface area (TPSA) is 49.3 Å². The van der Waals surface area contributed by atoms with Crippen LogP contribution in [0.5, 0.6) is 0 Å². The van der Waals surface area contributed by atoms with Gasteiger partial charge in [-0.25, -0.2) is 0 Å². The zero-order chi connectivity index (χ0) is 13.3. The van der Waals surface area contributed by atoms with Crippen molar-refractivity contribution in [3.63, 3.8) is 0 Å². The Balaban J connectivity index is 2.19. The van der Waals surface area contributed by atoms with Crippen LogP contribution >= 0.6 is 11.8 Å². The van der Waals surface area contributed by atoms with Crippen LogP contribution in [-0.2, 0) is 4.79 Å². The van der Waals surface area contributed by atoms with Crippen molar-refractivity contribution in [2.45, 2.75) is 51.9 Å². The highest BCUT2D eigenvalue weighted by Crippen LogP contribution is 2.35. The molecule has 4 heteroatoms. The van der Waals surface area contributed by atoms with Crippen LogP contribution in [-0.4, -0.2) is 35.7 Å². The summed E-state index contributed by atoms with van der Waals surface area (Å²) in [5.74, 6) is 1.74. The number of carbonyl (C=O) groups excluding carboxylic acids is 1. The van der Waals surface area contributed by atoms with Gasteiger partial charge in [0, 0.05) is 12.0 Å². The van der Waals surface area contributed by atoms with Crippen LogP contribution in [0.3, 0.4) is 0 Å². The smallest absolute Gasteiger partial charge is 0.230 e. The van der Waals surface area contributed by atoms with Gasteiger partial charge in [-0.1, -0.05) is 32.6 Å². The molecule has 1 saturated carbocycles. The zero-order valence-corrected chi connectivity index (χ0v) is 12.4. The fourth-order valence-corrected chi connectivity index (χ4v) is 3.37. The highest BCUT2D eigenvalue weighted by Gasteiger charge is 2.31. The molecule has 1 amide bonds. The maximum Gasteiger partial charge on any atom is 0.230 e. The van der Waals surface area contributed by atoms with E-state index in [9.17, 15) is 9.90 Å². The molecule has 1 aliphatic carbocycles. The lowest BCUT2D eigenvalue weighted by Crippen LogP contribution is -2.42. The van der Waals surface area contributed by atoms with Crippen molar-refractivity contribution in [2.75, 3.05) is 24.7 Å². The molecular weight excluding hydrogens is 246 g/mol. The summed E-state index contributed by atoms with van der Waals surface area (Å²) in [7, 11) is 0. The number of rotatable bonds is 8. The quantitative estimate of drug-likeness (QED) is 0.668. The molecule has 0 atom stereocenters. The SMILES string of the molecule is CCCCSCC(=O)NCC1(CO)CCCCC1. The molecule has 0 heterocycles. The van der Waals surface area contributed by atoms with Gasteiger partial charge in [-0.2, -0.15) is 11.8 Å². The maximum atomic E-state index is 11.7. The number of aliphatic hydroxyl groups is 1. The molecule has 1 fully saturated rings. The molecule has 0 bridgehead atoms. The highest BCUT2D eigenvalue weighted by atomic mass is 32.2. The first kappa shape index (κ1) is 15.8. The third-order valence-electron chi connectivity index (χ3n) is 3.79. The second-order valence-corrected chi connectivity index (χ2v) is 6.51. The molecule has 2 N–H and O–H groups in total. The molecule has 106 valence electrons. The average Bonchev–Trinajstić information content (AvgIpc) is 2.42. The van der Waals surface area contributed by atoms with Crippen LogP contribution < -0.4 is 5.32 Å². The van der Waals surface area contributed by atoms with Gasteiger partial charge in [-0.15, -0.1) is 0 Å². The van der Waals surface area contributed by atoms with Crippen molar-refractivity contribution in [3.05, 3.63) is 0 Å². The number of thioether (sulfide) groups is 1. The Morgan fingerprint density at radius 2 is 2.06 bits per heavy atom. The molecular formula is C14H27NO2S. The van der Waals surface area contributed by atoms with Gasteiger partial charge in [0.05, 0.1) is 12.4 Å². The lowest BCUT2D eigenvalue weighted by Gasteiger charge is -2.35. The van der Waals surface area contributed by atoms with Gasteiger partial charge in [0.25, 0.3) is 0 Å². The summed E-state index contributed by atoms with van der Waals surface area (Å²) in [5.41, 5.74) is -0.0397. The van der Waals surface area contributed by atoms with E-state index >= 15 is 0 Å². The van der Waals surface area contributed by atoms with Gasteiger partial charge in [0.2, 0.25) is 5.91 Å². The van der Waals surface area contributed by atoms with Crippen molar-refractivity contribution >= 4 is 17.7 Å². The van der Waals surface area contributed by atoms with Crippen molar-refractivity contribution < 1.29 is 9.90 Å². The van der Waals surface area contributed by atoms with Crippen LogP contribution in [0.2, 0.25) is 0 Å². The molecule has 0 aliphatic heterocycles. The number of aliphatic hydroxyl groups excluding tert-OH is 1. The second kappa shape index (κ2) is 8.81.